The molecule has 0 spiro atoms. The van der Waals surface area contributed by atoms with E-state index in [1.807, 2.05) is 0 Å². The first-order valence-electron chi connectivity index (χ1n) is 11.9. The standard InChI is InChI=1S/C32H29NP2/c1-26-23-24-27(2)32(25-26)33(34(28-15-7-3-8-16-28)29-17-9-4-10-18-29)35(30-19-11-5-12-20-30)31-21-13-6-14-22-31/h3-25H,1-2H3. The number of hydrogen-bond acceptors (Lipinski definition) is 1. The summed E-state index contributed by atoms with van der Waals surface area (Å²) in [5.41, 5.74) is 3.89. The van der Waals surface area contributed by atoms with E-state index in [2.05, 4.69) is 158 Å². The van der Waals surface area contributed by atoms with Gasteiger partial charge < -0.3 is 4.44 Å². The first-order chi connectivity index (χ1) is 17.2. The monoisotopic (exact) mass is 489 g/mol. The van der Waals surface area contributed by atoms with Crippen LogP contribution in [0.3, 0.4) is 0 Å². The molecule has 0 N–H and O–H groups in total. The molecule has 0 fully saturated rings. The van der Waals surface area contributed by atoms with Gasteiger partial charge in [-0.05, 0) is 31.0 Å². The van der Waals surface area contributed by atoms with Crippen molar-refractivity contribution in [2.45, 2.75) is 13.8 Å². The molecule has 0 aliphatic rings. The van der Waals surface area contributed by atoms with E-state index in [1.54, 1.807) is 0 Å². The lowest BCUT2D eigenvalue weighted by Gasteiger charge is -2.41. The molecule has 35 heavy (non-hydrogen) atoms. The first kappa shape index (κ1) is 23.5. The summed E-state index contributed by atoms with van der Waals surface area (Å²) in [6.45, 7) is 4.44. The molecule has 5 aromatic rings. The summed E-state index contributed by atoms with van der Waals surface area (Å²) in [4.78, 5) is 0. The Morgan fingerprint density at radius 3 is 1.11 bits per heavy atom. The molecule has 0 saturated carbocycles. The van der Waals surface area contributed by atoms with Crippen LogP contribution < -0.4 is 25.7 Å². The minimum Gasteiger partial charge on any atom is -0.313 e. The first-order valence-corrected chi connectivity index (χ1v) is 14.5. The van der Waals surface area contributed by atoms with Crippen LogP contribution in [0.1, 0.15) is 11.1 Å². The van der Waals surface area contributed by atoms with Crippen LogP contribution in [0.4, 0.5) is 5.69 Å². The van der Waals surface area contributed by atoms with E-state index in [9.17, 15) is 0 Å². The average molecular weight is 490 g/mol. The highest BCUT2D eigenvalue weighted by Gasteiger charge is 2.33. The van der Waals surface area contributed by atoms with Gasteiger partial charge in [-0.2, -0.15) is 0 Å². The molecule has 0 amide bonds. The van der Waals surface area contributed by atoms with Crippen LogP contribution in [0.5, 0.6) is 0 Å². The van der Waals surface area contributed by atoms with Crippen molar-refractivity contribution in [2.24, 2.45) is 0 Å². The Bertz CT molecular complexity index is 1190. The molecule has 0 aliphatic carbocycles. The van der Waals surface area contributed by atoms with Gasteiger partial charge in [-0.25, -0.2) is 0 Å². The van der Waals surface area contributed by atoms with Gasteiger partial charge in [0, 0.05) is 26.9 Å². The van der Waals surface area contributed by atoms with Gasteiger partial charge in [0.2, 0.25) is 0 Å². The van der Waals surface area contributed by atoms with Gasteiger partial charge in [0.05, 0.1) is 16.1 Å². The van der Waals surface area contributed by atoms with Crippen LogP contribution in [0.15, 0.2) is 140 Å². The molecular formula is C32H29NP2. The molecule has 3 heteroatoms. The van der Waals surface area contributed by atoms with E-state index in [0.29, 0.717) is 0 Å². The summed E-state index contributed by atoms with van der Waals surface area (Å²) in [6.07, 6.45) is 0. The van der Waals surface area contributed by atoms with E-state index in [4.69, 9.17) is 0 Å². The maximum Gasteiger partial charge on any atom is 0.0590 e. The number of anilines is 1. The minimum absolute atomic E-state index is 0.844. The molecule has 0 aromatic heterocycles. The van der Waals surface area contributed by atoms with Crippen LogP contribution >= 0.6 is 16.1 Å². The van der Waals surface area contributed by atoms with Crippen molar-refractivity contribution in [1.82, 2.24) is 0 Å². The number of hydrogen-bond donors (Lipinski definition) is 0. The number of aryl methyl sites for hydroxylation is 2. The zero-order valence-corrected chi connectivity index (χ0v) is 21.9. The van der Waals surface area contributed by atoms with Crippen LogP contribution in [-0.4, -0.2) is 0 Å². The molecular weight excluding hydrogens is 460 g/mol. The maximum atomic E-state index is 2.75. The smallest absolute Gasteiger partial charge is 0.0590 e. The molecule has 0 saturated heterocycles. The van der Waals surface area contributed by atoms with Gasteiger partial charge in [-0.3, -0.25) is 0 Å². The summed E-state index contributed by atoms with van der Waals surface area (Å²) < 4.78 is 2.75. The molecule has 0 radical (unpaired) electrons. The number of benzene rings is 5. The summed E-state index contributed by atoms with van der Waals surface area (Å²) in [5, 5.41) is 5.42. The van der Waals surface area contributed by atoms with Crippen LogP contribution in [0.2, 0.25) is 0 Å². The van der Waals surface area contributed by atoms with E-state index < -0.39 is 16.1 Å². The van der Waals surface area contributed by atoms with Crippen LogP contribution in [0.25, 0.3) is 0 Å². The fraction of sp³-hybridized carbons (Fsp3) is 0.0625. The third-order valence-corrected chi connectivity index (χ3v) is 11.4. The Balaban J connectivity index is 1.84. The third kappa shape index (κ3) is 5.23. The molecule has 0 heterocycles. The number of rotatable bonds is 7. The normalized spacial score (nSPS) is 11.1. The van der Waals surface area contributed by atoms with E-state index in [0.717, 1.165) is 0 Å². The van der Waals surface area contributed by atoms with Gasteiger partial charge in [-0.15, -0.1) is 0 Å². The average Bonchev–Trinajstić information content (AvgIpc) is 2.92. The van der Waals surface area contributed by atoms with Crippen LogP contribution in [-0.2, 0) is 0 Å². The van der Waals surface area contributed by atoms with Crippen molar-refractivity contribution in [2.75, 3.05) is 4.44 Å². The SMILES string of the molecule is Cc1ccc(C)c(N(P(c2ccccc2)c2ccccc2)P(c2ccccc2)c2ccccc2)c1. The maximum absolute atomic E-state index is 2.75. The number of nitrogens with zero attached hydrogens (tertiary/aromatic N) is 1. The van der Waals surface area contributed by atoms with E-state index in [1.165, 1.54) is 38.0 Å². The molecule has 0 bridgehead atoms. The van der Waals surface area contributed by atoms with Gasteiger partial charge >= 0.3 is 0 Å². The van der Waals surface area contributed by atoms with Crippen molar-refractivity contribution in [3.63, 3.8) is 0 Å². The molecule has 1 nitrogen and oxygen atoms in total. The highest BCUT2D eigenvalue weighted by atomic mass is 31.2. The lowest BCUT2D eigenvalue weighted by atomic mass is 10.1. The minimum atomic E-state index is -0.844. The second-order valence-corrected chi connectivity index (χ2v) is 13.0. The highest BCUT2D eigenvalue weighted by molar-refractivity contribution is 7.90. The highest BCUT2D eigenvalue weighted by Crippen LogP contribution is 2.57. The Morgan fingerprint density at radius 1 is 0.429 bits per heavy atom. The van der Waals surface area contributed by atoms with Gasteiger partial charge in [0.25, 0.3) is 0 Å². The van der Waals surface area contributed by atoms with Crippen molar-refractivity contribution in [3.05, 3.63) is 151 Å². The fourth-order valence-corrected chi connectivity index (χ4v) is 10.4. The summed E-state index contributed by atoms with van der Waals surface area (Å²) in [6, 6.07) is 51.0. The second-order valence-electron chi connectivity index (χ2n) is 8.55. The van der Waals surface area contributed by atoms with Crippen molar-refractivity contribution < 1.29 is 0 Å². The Kier molecular flexibility index (Phi) is 7.39. The Hall–Kier alpha value is -3.24. The lowest BCUT2D eigenvalue weighted by molar-refractivity contribution is 1.37. The molecule has 5 aromatic carbocycles. The lowest BCUT2D eigenvalue weighted by Crippen LogP contribution is -2.32. The molecule has 0 unspecified atom stereocenters. The Morgan fingerprint density at radius 2 is 0.771 bits per heavy atom. The summed E-state index contributed by atoms with van der Waals surface area (Å²) in [7, 11) is -1.69. The molecule has 0 aliphatic heterocycles. The van der Waals surface area contributed by atoms with Crippen molar-refractivity contribution in [3.8, 4) is 0 Å². The van der Waals surface area contributed by atoms with Crippen molar-refractivity contribution in [1.29, 1.82) is 0 Å². The molecule has 5 rings (SSSR count). The Labute approximate surface area is 211 Å². The zero-order chi connectivity index (χ0) is 24.0. The van der Waals surface area contributed by atoms with Crippen LogP contribution in [0, 0.1) is 13.8 Å². The van der Waals surface area contributed by atoms with Gasteiger partial charge in [0.15, 0.2) is 0 Å². The van der Waals surface area contributed by atoms with E-state index >= 15 is 0 Å². The van der Waals surface area contributed by atoms with Gasteiger partial charge in [0.1, 0.15) is 0 Å². The summed E-state index contributed by atoms with van der Waals surface area (Å²) in [5.74, 6) is 0. The van der Waals surface area contributed by atoms with E-state index in [-0.39, 0.29) is 0 Å². The fourth-order valence-electron chi connectivity index (χ4n) is 4.25. The van der Waals surface area contributed by atoms with Gasteiger partial charge in [-0.1, -0.05) is 133 Å². The summed E-state index contributed by atoms with van der Waals surface area (Å²) >= 11 is 0. The second kappa shape index (κ2) is 11.0. The quantitative estimate of drug-likeness (QED) is 0.219. The van der Waals surface area contributed by atoms with Crippen molar-refractivity contribution >= 4 is 43.1 Å². The predicted molar refractivity (Wildman–Crippen MR) is 157 cm³/mol. The topological polar surface area (TPSA) is 3.24 Å². The molecule has 0 atom stereocenters. The molecule has 172 valence electrons. The zero-order valence-electron chi connectivity index (χ0n) is 20.1. The predicted octanol–water partition coefficient (Wildman–Crippen LogP) is 7.21. The third-order valence-electron chi connectivity index (χ3n) is 5.96. The largest absolute Gasteiger partial charge is 0.313 e.